The lowest BCUT2D eigenvalue weighted by molar-refractivity contribution is 0.653. The zero-order valence-corrected chi connectivity index (χ0v) is 17.1. The van der Waals surface area contributed by atoms with Crippen LogP contribution < -0.4 is 0 Å². The van der Waals surface area contributed by atoms with E-state index >= 15 is 0 Å². The first-order valence-electron chi connectivity index (χ1n) is 16.1. The SMILES string of the molecule is [2H]C([2H])([2H])c1ccc2cc(-c3cc(-c4cccc5c4oc4nc(C([2H])([2H])[2H])ccc45)ncc3C([2H])([2H])[2H])c(C([2H])([2H])[2H])cc2n1. The van der Waals surface area contributed by atoms with Crippen LogP contribution in [-0.4, -0.2) is 15.0 Å². The molecule has 0 aliphatic carbocycles. The van der Waals surface area contributed by atoms with E-state index in [1.807, 2.05) is 0 Å². The zero-order chi connectivity index (χ0) is 32.7. The van der Waals surface area contributed by atoms with E-state index in [-0.39, 0.29) is 50.6 Å². The van der Waals surface area contributed by atoms with Crippen LogP contribution in [0.3, 0.4) is 0 Å². The van der Waals surface area contributed by atoms with Gasteiger partial charge in [-0.05, 0) is 92.1 Å². The monoisotopic (exact) mass is 441 g/mol. The number of benzene rings is 2. The van der Waals surface area contributed by atoms with Gasteiger partial charge in [0.1, 0.15) is 5.58 Å². The molecular formula is C29H23N3O. The van der Waals surface area contributed by atoms with E-state index in [1.54, 1.807) is 24.3 Å². The lowest BCUT2D eigenvalue weighted by Gasteiger charge is -2.13. The second kappa shape index (κ2) is 7.24. The number of aryl methyl sites for hydroxylation is 4. The number of rotatable bonds is 2. The van der Waals surface area contributed by atoms with Gasteiger partial charge >= 0.3 is 0 Å². The van der Waals surface area contributed by atoms with Crippen molar-refractivity contribution in [2.24, 2.45) is 0 Å². The Morgan fingerprint density at radius 2 is 1.58 bits per heavy atom. The van der Waals surface area contributed by atoms with Gasteiger partial charge in [-0.15, -0.1) is 0 Å². The smallest absolute Gasteiger partial charge is 0.227 e. The third kappa shape index (κ3) is 3.18. The number of nitrogens with zero attached hydrogens (tertiary/aromatic N) is 3. The average molecular weight is 442 g/mol. The van der Waals surface area contributed by atoms with Crippen molar-refractivity contribution in [3.63, 3.8) is 0 Å². The number of para-hydroxylation sites is 1. The van der Waals surface area contributed by atoms with Gasteiger partial charge < -0.3 is 4.42 Å². The summed E-state index contributed by atoms with van der Waals surface area (Å²) in [5, 5.41) is 1.61. The highest BCUT2D eigenvalue weighted by molar-refractivity contribution is 6.08. The second-order valence-corrected chi connectivity index (χ2v) is 7.74. The summed E-state index contributed by atoms with van der Waals surface area (Å²) < 4.78 is 102. The molecule has 0 atom stereocenters. The fraction of sp³-hybridized carbons (Fsp3) is 0.138. The highest BCUT2D eigenvalue weighted by atomic mass is 16.3. The molecule has 4 nitrogen and oxygen atoms in total. The van der Waals surface area contributed by atoms with E-state index in [1.165, 1.54) is 42.6 Å². The van der Waals surface area contributed by atoms with E-state index in [0.717, 1.165) is 0 Å². The molecule has 0 spiro atoms. The van der Waals surface area contributed by atoms with Crippen LogP contribution in [0.1, 0.15) is 39.0 Å². The van der Waals surface area contributed by atoms with Crippen molar-refractivity contribution in [1.82, 2.24) is 15.0 Å². The van der Waals surface area contributed by atoms with E-state index in [0.29, 0.717) is 27.3 Å². The molecule has 0 saturated heterocycles. The molecule has 6 aromatic rings. The molecule has 0 aliphatic rings. The quantitative estimate of drug-likeness (QED) is 0.279. The van der Waals surface area contributed by atoms with Gasteiger partial charge in [0.15, 0.2) is 0 Å². The molecule has 4 heterocycles. The molecule has 2 aromatic carbocycles. The minimum absolute atomic E-state index is 0.0869. The van der Waals surface area contributed by atoms with Crippen LogP contribution >= 0.6 is 0 Å². The first-order chi connectivity index (χ1) is 20.8. The van der Waals surface area contributed by atoms with Gasteiger partial charge in [0.05, 0.1) is 11.2 Å². The molecule has 33 heavy (non-hydrogen) atoms. The molecule has 4 heteroatoms. The van der Waals surface area contributed by atoms with E-state index < -0.39 is 27.4 Å². The van der Waals surface area contributed by atoms with Gasteiger partial charge in [0, 0.05) is 55.8 Å². The summed E-state index contributed by atoms with van der Waals surface area (Å²) in [6.45, 7) is -10.3. The third-order valence-corrected chi connectivity index (χ3v) is 5.66. The maximum absolute atomic E-state index is 8.27. The molecule has 0 aliphatic heterocycles. The number of furan rings is 1. The predicted octanol–water partition coefficient (Wildman–Crippen LogP) is 7.49. The summed E-state index contributed by atoms with van der Waals surface area (Å²) in [7, 11) is 0. The Morgan fingerprint density at radius 3 is 2.45 bits per heavy atom. The topological polar surface area (TPSA) is 51.8 Å². The molecule has 0 amide bonds. The summed E-state index contributed by atoms with van der Waals surface area (Å²) in [4.78, 5) is 12.8. The molecule has 6 rings (SSSR count). The second-order valence-electron chi connectivity index (χ2n) is 7.74. The molecule has 0 saturated carbocycles. The highest BCUT2D eigenvalue weighted by Gasteiger charge is 2.16. The van der Waals surface area contributed by atoms with Crippen molar-refractivity contribution in [3.8, 4) is 22.4 Å². The van der Waals surface area contributed by atoms with Gasteiger partial charge in [-0.1, -0.05) is 18.2 Å². The van der Waals surface area contributed by atoms with Crippen molar-refractivity contribution in [2.45, 2.75) is 27.4 Å². The highest BCUT2D eigenvalue weighted by Crippen LogP contribution is 2.37. The Labute approximate surface area is 208 Å². The lowest BCUT2D eigenvalue weighted by atomic mass is 9.94. The average Bonchev–Trinajstić information content (AvgIpc) is 3.32. The minimum Gasteiger partial charge on any atom is -0.437 e. The van der Waals surface area contributed by atoms with Crippen molar-refractivity contribution >= 4 is 33.0 Å². The maximum atomic E-state index is 8.27. The molecule has 4 aromatic heterocycles. The third-order valence-electron chi connectivity index (χ3n) is 5.66. The van der Waals surface area contributed by atoms with Crippen LogP contribution in [0.15, 0.2) is 71.3 Å². The minimum atomic E-state index is -2.72. The lowest BCUT2D eigenvalue weighted by Crippen LogP contribution is -1.93. The van der Waals surface area contributed by atoms with Gasteiger partial charge in [-0.3, -0.25) is 9.97 Å². The molecule has 160 valence electrons. The van der Waals surface area contributed by atoms with Crippen LogP contribution in [0.25, 0.3) is 55.4 Å². The van der Waals surface area contributed by atoms with Crippen molar-refractivity contribution in [2.75, 3.05) is 0 Å². The predicted molar refractivity (Wildman–Crippen MR) is 134 cm³/mol. The van der Waals surface area contributed by atoms with E-state index in [2.05, 4.69) is 15.0 Å². The molecule has 0 radical (unpaired) electrons. The van der Waals surface area contributed by atoms with Gasteiger partial charge in [0.25, 0.3) is 0 Å². The molecule has 0 fully saturated rings. The Balaban J connectivity index is 1.62. The number of hydrogen-bond donors (Lipinski definition) is 0. The normalized spacial score (nSPS) is 18.5. The summed E-state index contributed by atoms with van der Waals surface area (Å²) in [5.41, 5.74) is 0.739. The molecular weight excluding hydrogens is 406 g/mol. The Hall–Kier alpha value is -4.05. The fourth-order valence-corrected chi connectivity index (χ4v) is 4.10. The Morgan fingerprint density at radius 1 is 0.727 bits per heavy atom. The van der Waals surface area contributed by atoms with Crippen LogP contribution in [0.4, 0.5) is 0 Å². The van der Waals surface area contributed by atoms with Crippen molar-refractivity contribution < 1.29 is 20.9 Å². The van der Waals surface area contributed by atoms with Gasteiger partial charge in [-0.25, -0.2) is 4.98 Å². The first-order valence-corrected chi connectivity index (χ1v) is 10.1. The Bertz CT molecular complexity index is 2120. The summed E-state index contributed by atoms with van der Waals surface area (Å²) >= 11 is 0. The summed E-state index contributed by atoms with van der Waals surface area (Å²) in [6, 6.07) is 15.3. The number of fused-ring (bicyclic) bond motifs is 4. The van der Waals surface area contributed by atoms with Crippen LogP contribution in [0.5, 0.6) is 0 Å². The molecule has 0 N–H and O–H groups in total. The van der Waals surface area contributed by atoms with Crippen LogP contribution in [-0.2, 0) is 0 Å². The van der Waals surface area contributed by atoms with Crippen molar-refractivity contribution in [1.29, 1.82) is 0 Å². The van der Waals surface area contributed by atoms with E-state index in [9.17, 15) is 0 Å². The molecule has 0 bridgehead atoms. The van der Waals surface area contributed by atoms with Crippen LogP contribution in [0.2, 0.25) is 0 Å². The molecule has 0 unspecified atom stereocenters. The first kappa shape index (κ1) is 10.7. The van der Waals surface area contributed by atoms with Crippen molar-refractivity contribution in [3.05, 3.63) is 89.4 Å². The zero-order valence-electron chi connectivity index (χ0n) is 29.1. The van der Waals surface area contributed by atoms with Gasteiger partial charge in [0.2, 0.25) is 5.71 Å². The number of hydrogen-bond acceptors (Lipinski definition) is 4. The maximum Gasteiger partial charge on any atom is 0.227 e. The standard InChI is InChI=1S/C29H23N3O/c1-16-12-26-20(10-8-18(3)31-26)13-24(16)25-14-27(30-15-17(25)2)23-7-5-6-21-22-11-9-19(4)32-29(22)33-28(21)23/h5-15H,1-4H3/i1D3,2D3,3D3,4D3. The summed E-state index contributed by atoms with van der Waals surface area (Å²) in [6.07, 6.45) is 1.17. The Kier molecular flexibility index (Phi) is 2.35. The van der Waals surface area contributed by atoms with Crippen LogP contribution in [0, 0.1) is 27.4 Å². The summed E-state index contributed by atoms with van der Waals surface area (Å²) in [5.74, 6) is 0. The fourth-order valence-electron chi connectivity index (χ4n) is 4.10. The largest absolute Gasteiger partial charge is 0.437 e. The number of pyridine rings is 3. The number of aromatic nitrogens is 3. The van der Waals surface area contributed by atoms with Gasteiger partial charge in [-0.2, -0.15) is 0 Å². The van der Waals surface area contributed by atoms with E-state index in [4.69, 9.17) is 20.9 Å².